The molecule has 2 aromatic carbocycles. The first-order chi connectivity index (χ1) is 12.8. The summed E-state index contributed by atoms with van der Waals surface area (Å²) in [5.74, 6) is 1.18. The van der Waals surface area contributed by atoms with Gasteiger partial charge < -0.3 is 9.88 Å². The van der Waals surface area contributed by atoms with Gasteiger partial charge in [0, 0.05) is 43.1 Å². The molecule has 2 atom stereocenters. The first kappa shape index (κ1) is 15.3. The van der Waals surface area contributed by atoms with Gasteiger partial charge in [-0.2, -0.15) is 0 Å². The number of hydrogen-bond acceptors (Lipinski definition) is 3. The van der Waals surface area contributed by atoms with Crippen LogP contribution >= 0.6 is 0 Å². The lowest BCUT2D eigenvalue weighted by molar-refractivity contribution is 0.444. The molecule has 5 heteroatoms. The molecule has 2 aromatic heterocycles. The molecule has 5 nitrogen and oxygen atoms in total. The van der Waals surface area contributed by atoms with Crippen molar-refractivity contribution >= 4 is 11.0 Å². The number of imidazole rings is 2. The van der Waals surface area contributed by atoms with Gasteiger partial charge in [0.1, 0.15) is 12.2 Å². The van der Waals surface area contributed by atoms with Crippen LogP contribution < -0.4 is 5.32 Å². The van der Waals surface area contributed by atoms with Gasteiger partial charge in [-0.15, -0.1) is 0 Å². The first-order valence-corrected chi connectivity index (χ1v) is 9.06. The molecule has 0 aliphatic carbocycles. The van der Waals surface area contributed by atoms with E-state index < -0.39 is 0 Å². The van der Waals surface area contributed by atoms with Crippen LogP contribution in [0.3, 0.4) is 0 Å². The average molecular weight is 343 g/mol. The van der Waals surface area contributed by atoms with E-state index in [2.05, 4.69) is 67.9 Å². The predicted octanol–water partition coefficient (Wildman–Crippen LogP) is 3.50. The van der Waals surface area contributed by atoms with Crippen molar-refractivity contribution in [3.8, 4) is 5.69 Å². The Bertz CT molecular complexity index is 1020. The highest BCUT2D eigenvalue weighted by Gasteiger charge is 2.23. The molecule has 3 heterocycles. The summed E-state index contributed by atoms with van der Waals surface area (Å²) in [6.07, 6.45) is 6.83. The molecule has 2 unspecified atom stereocenters. The van der Waals surface area contributed by atoms with Gasteiger partial charge in [0.2, 0.25) is 0 Å². The fourth-order valence-corrected chi connectivity index (χ4v) is 3.87. The van der Waals surface area contributed by atoms with Crippen molar-refractivity contribution in [2.75, 3.05) is 0 Å². The summed E-state index contributed by atoms with van der Waals surface area (Å²) in [4.78, 5) is 8.88. The Kier molecular flexibility index (Phi) is 3.60. The van der Waals surface area contributed by atoms with Crippen LogP contribution in [0.4, 0.5) is 0 Å². The standard InChI is InChI=1S/C21H21N5/c1-15(24-17-12-21-22-10-11-25(21)13-17)16-6-8-18(9-7-16)26-14-23-19-4-2-3-5-20(19)26/h2-11,14-15,17,24H,12-13H2,1H3. The first-order valence-electron chi connectivity index (χ1n) is 9.06. The molecule has 0 saturated heterocycles. The van der Waals surface area contributed by atoms with E-state index in [9.17, 15) is 0 Å². The number of para-hydroxylation sites is 2. The Morgan fingerprint density at radius 2 is 1.92 bits per heavy atom. The molecule has 0 fully saturated rings. The monoisotopic (exact) mass is 343 g/mol. The lowest BCUT2D eigenvalue weighted by Gasteiger charge is -2.19. The molecule has 0 bridgehead atoms. The number of rotatable bonds is 4. The van der Waals surface area contributed by atoms with Gasteiger partial charge in [0.05, 0.1) is 11.0 Å². The normalized spacial score (nSPS) is 17.5. The maximum atomic E-state index is 4.48. The molecule has 0 saturated carbocycles. The van der Waals surface area contributed by atoms with Crippen LogP contribution in [-0.4, -0.2) is 25.1 Å². The number of nitrogens with one attached hydrogen (secondary N) is 1. The van der Waals surface area contributed by atoms with Gasteiger partial charge in [-0.3, -0.25) is 4.57 Å². The van der Waals surface area contributed by atoms with E-state index in [4.69, 9.17) is 0 Å². The van der Waals surface area contributed by atoms with Crippen LogP contribution in [0.5, 0.6) is 0 Å². The summed E-state index contributed by atoms with van der Waals surface area (Å²) in [5, 5.41) is 3.73. The molecule has 5 rings (SSSR count). The molecule has 26 heavy (non-hydrogen) atoms. The SMILES string of the molecule is CC(NC1Cc2nccn2C1)c1ccc(-n2cnc3ccccc32)cc1. The lowest BCUT2D eigenvalue weighted by atomic mass is 10.1. The lowest BCUT2D eigenvalue weighted by Crippen LogP contribution is -2.32. The Labute approximate surface area is 152 Å². The third-order valence-electron chi connectivity index (χ3n) is 5.26. The van der Waals surface area contributed by atoms with E-state index in [1.165, 1.54) is 11.4 Å². The van der Waals surface area contributed by atoms with E-state index in [0.717, 1.165) is 29.7 Å². The summed E-state index contributed by atoms with van der Waals surface area (Å²) >= 11 is 0. The summed E-state index contributed by atoms with van der Waals surface area (Å²) in [6.45, 7) is 3.22. The van der Waals surface area contributed by atoms with Crippen molar-refractivity contribution in [1.82, 2.24) is 24.4 Å². The Hall–Kier alpha value is -2.92. The van der Waals surface area contributed by atoms with Crippen molar-refractivity contribution in [3.63, 3.8) is 0 Å². The van der Waals surface area contributed by atoms with Crippen LogP contribution in [-0.2, 0) is 13.0 Å². The van der Waals surface area contributed by atoms with E-state index in [1.54, 1.807) is 0 Å². The molecule has 1 aliphatic rings. The Morgan fingerprint density at radius 3 is 2.77 bits per heavy atom. The Balaban J connectivity index is 1.32. The zero-order valence-corrected chi connectivity index (χ0v) is 14.7. The van der Waals surface area contributed by atoms with Gasteiger partial charge in [-0.1, -0.05) is 24.3 Å². The van der Waals surface area contributed by atoms with Gasteiger partial charge in [0.15, 0.2) is 0 Å². The summed E-state index contributed by atoms with van der Waals surface area (Å²) < 4.78 is 4.37. The largest absolute Gasteiger partial charge is 0.333 e. The van der Waals surface area contributed by atoms with Crippen molar-refractivity contribution in [1.29, 1.82) is 0 Å². The third kappa shape index (κ3) is 2.61. The fraction of sp³-hybridized carbons (Fsp3) is 0.238. The summed E-state index contributed by atoms with van der Waals surface area (Å²) in [6, 6.07) is 17.7. The highest BCUT2D eigenvalue weighted by Crippen LogP contribution is 2.22. The van der Waals surface area contributed by atoms with Crippen LogP contribution in [0.1, 0.15) is 24.4 Å². The topological polar surface area (TPSA) is 47.7 Å². The second kappa shape index (κ2) is 6.11. The molecule has 4 aromatic rings. The van der Waals surface area contributed by atoms with Gasteiger partial charge in [-0.25, -0.2) is 9.97 Å². The zero-order valence-electron chi connectivity index (χ0n) is 14.7. The van der Waals surface area contributed by atoms with E-state index >= 15 is 0 Å². The number of aromatic nitrogens is 4. The molecule has 0 radical (unpaired) electrons. The van der Waals surface area contributed by atoms with Crippen LogP contribution in [0.25, 0.3) is 16.7 Å². The minimum absolute atomic E-state index is 0.304. The molecule has 0 amide bonds. The minimum atomic E-state index is 0.304. The van der Waals surface area contributed by atoms with Gasteiger partial charge in [0.25, 0.3) is 0 Å². The number of hydrogen-bond donors (Lipinski definition) is 1. The highest BCUT2D eigenvalue weighted by atomic mass is 15.1. The third-order valence-corrected chi connectivity index (χ3v) is 5.26. The molecule has 1 N–H and O–H groups in total. The molecule has 130 valence electrons. The van der Waals surface area contributed by atoms with Gasteiger partial charge >= 0.3 is 0 Å². The Morgan fingerprint density at radius 1 is 1.08 bits per heavy atom. The van der Waals surface area contributed by atoms with Crippen molar-refractivity contribution in [3.05, 3.63) is 78.6 Å². The smallest absolute Gasteiger partial charge is 0.110 e. The predicted molar refractivity (Wildman–Crippen MR) is 102 cm³/mol. The summed E-state index contributed by atoms with van der Waals surface area (Å²) in [5.41, 5.74) is 4.58. The maximum Gasteiger partial charge on any atom is 0.110 e. The second-order valence-corrected chi connectivity index (χ2v) is 6.98. The van der Waals surface area contributed by atoms with Gasteiger partial charge in [-0.05, 0) is 36.8 Å². The average Bonchev–Trinajstić information content (AvgIpc) is 3.36. The van der Waals surface area contributed by atoms with Crippen molar-refractivity contribution in [2.45, 2.75) is 32.0 Å². The molecule has 0 spiro atoms. The quantitative estimate of drug-likeness (QED) is 0.617. The van der Waals surface area contributed by atoms with E-state index in [1.807, 2.05) is 30.7 Å². The number of benzene rings is 2. The summed E-state index contributed by atoms with van der Waals surface area (Å²) in [7, 11) is 0. The van der Waals surface area contributed by atoms with E-state index in [0.29, 0.717) is 12.1 Å². The minimum Gasteiger partial charge on any atom is -0.333 e. The van der Waals surface area contributed by atoms with Crippen molar-refractivity contribution < 1.29 is 0 Å². The second-order valence-electron chi connectivity index (χ2n) is 6.98. The number of nitrogens with zero attached hydrogens (tertiary/aromatic N) is 4. The molecular formula is C21H21N5. The van der Waals surface area contributed by atoms with E-state index in [-0.39, 0.29) is 0 Å². The molecule has 1 aliphatic heterocycles. The van der Waals surface area contributed by atoms with Crippen LogP contribution in [0.2, 0.25) is 0 Å². The fourth-order valence-electron chi connectivity index (χ4n) is 3.87. The van der Waals surface area contributed by atoms with Crippen molar-refractivity contribution in [2.24, 2.45) is 0 Å². The highest BCUT2D eigenvalue weighted by molar-refractivity contribution is 5.77. The van der Waals surface area contributed by atoms with Crippen LogP contribution in [0, 0.1) is 0 Å². The zero-order chi connectivity index (χ0) is 17.5. The number of fused-ring (bicyclic) bond motifs is 2. The molecular weight excluding hydrogens is 322 g/mol. The van der Waals surface area contributed by atoms with Crippen LogP contribution in [0.15, 0.2) is 67.3 Å². The maximum absolute atomic E-state index is 4.48.